The molecule has 0 aromatic rings. The molecule has 0 radical (unpaired) electrons. The van der Waals surface area contributed by atoms with E-state index in [-0.39, 0.29) is 0 Å². The van der Waals surface area contributed by atoms with Crippen molar-refractivity contribution in [2.75, 3.05) is 19.8 Å². The summed E-state index contributed by atoms with van der Waals surface area (Å²) in [5.74, 6) is -0.979. The standard InChI is InChI=1S/C12H27NO5Si/c1-6-15-11(5,16-7-2)12(19,17-8-3)9(4)18-10(13)14/h9H,6-8H2,1-5,19H3,(H2,13,14). The Hall–Kier alpha value is -0.633. The lowest BCUT2D eigenvalue weighted by molar-refractivity contribution is -0.309. The van der Waals surface area contributed by atoms with E-state index in [1.54, 1.807) is 6.92 Å². The number of rotatable bonds is 9. The van der Waals surface area contributed by atoms with E-state index in [0.717, 1.165) is 0 Å². The summed E-state index contributed by atoms with van der Waals surface area (Å²) in [6, 6.07) is 0. The molecule has 0 spiro atoms. The van der Waals surface area contributed by atoms with Crippen LogP contribution in [0.5, 0.6) is 0 Å². The van der Waals surface area contributed by atoms with E-state index in [1.807, 2.05) is 27.7 Å². The van der Waals surface area contributed by atoms with Gasteiger partial charge in [0.15, 0.2) is 5.79 Å². The summed E-state index contributed by atoms with van der Waals surface area (Å²) in [5, 5.41) is -0.831. The number of carbonyl (C=O) groups is 1. The Morgan fingerprint density at radius 1 is 1.16 bits per heavy atom. The second kappa shape index (κ2) is 7.84. The molecule has 0 rings (SSSR count). The molecule has 0 fully saturated rings. The van der Waals surface area contributed by atoms with E-state index in [0.29, 0.717) is 30.1 Å². The molecular formula is C12H27NO5Si. The molecule has 0 aliphatic heterocycles. The normalized spacial score (nSPS) is 16.9. The van der Waals surface area contributed by atoms with Crippen LogP contribution in [0.4, 0.5) is 4.79 Å². The molecule has 2 unspecified atom stereocenters. The molecule has 0 aliphatic carbocycles. The van der Waals surface area contributed by atoms with Crippen molar-refractivity contribution in [3.8, 4) is 0 Å². The molecule has 2 atom stereocenters. The average Bonchev–Trinajstić information content (AvgIpc) is 2.28. The molecule has 1 amide bonds. The fraction of sp³-hybridized carbons (Fsp3) is 0.917. The molecule has 0 heterocycles. The Bertz CT molecular complexity index is 283. The van der Waals surface area contributed by atoms with Crippen molar-refractivity contribution in [1.82, 2.24) is 0 Å². The van der Waals surface area contributed by atoms with Crippen LogP contribution in [0, 0.1) is 0 Å². The van der Waals surface area contributed by atoms with Crippen LogP contribution in [0.3, 0.4) is 0 Å². The van der Waals surface area contributed by atoms with E-state index < -0.39 is 23.2 Å². The first-order chi connectivity index (χ1) is 8.77. The molecule has 0 bridgehead atoms. The SMILES string of the molecule is CCOC(C)(OCC)C([SiH3])(OCC)C(C)OC(N)=O. The van der Waals surface area contributed by atoms with Gasteiger partial charge in [0.2, 0.25) is 0 Å². The Balaban J connectivity index is 5.34. The Morgan fingerprint density at radius 2 is 1.58 bits per heavy atom. The number of ether oxygens (including phenoxy) is 4. The molecule has 0 saturated heterocycles. The highest BCUT2D eigenvalue weighted by molar-refractivity contribution is 6.16. The smallest absolute Gasteiger partial charge is 0.404 e. The zero-order valence-corrected chi connectivity index (χ0v) is 14.8. The third kappa shape index (κ3) is 4.45. The summed E-state index contributed by atoms with van der Waals surface area (Å²) in [7, 11) is 0.549. The van der Waals surface area contributed by atoms with Gasteiger partial charge < -0.3 is 24.7 Å². The number of hydrogen-bond acceptors (Lipinski definition) is 5. The summed E-state index contributed by atoms with van der Waals surface area (Å²) in [6.45, 7) is 10.6. The highest BCUT2D eigenvalue weighted by atomic mass is 28.1. The number of nitrogens with two attached hydrogens (primary N) is 1. The van der Waals surface area contributed by atoms with Crippen LogP contribution in [0.15, 0.2) is 0 Å². The predicted octanol–water partition coefficient (Wildman–Crippen LogP) is 0.358. The van der Waals surface area contributed by atoms with Crippen molar-refractivity contribution in [3.05, 3.63) is 0 Å². The maximum absolute atomic E-state index is 11.0. The summed E-state index contributed by atoms with van der Waals surface area (Å²) in [6.07, 6.45) is -1.39. The summed E-state index contributed by atoms with van der Waals surface area (Å²) in [5.41, 5.74) is 5.09. The lowest BCUT2D eigenvalue weighted by Gasteiger charge is -2.47. The lowest BCUT2D eigenvalue weighted by atomic mass is 10.0. The van der Waals surface area contributed by atoms with Gasteiger partial charge in [0.1, 0.15) is 11.3 Å². The Labute approximate surface area is 118 Å². The van der Waals surface area contributed by atoms with Gasteiger partial charge in [-0.2, -0.15) is 0 Å². The molecule has 7 heteroatoms. The first kappa shape index (κ1) is 18.4. The third-order valence-corrected chi connectivity index (χ3v) is 5.26. The fourth-order valence-corrected chi connectivity index (χ4v) is 2.78. The van der Waals surface area contributed by atoms with E-state index in [2.05, 4.69) is 0 Å². The van der Waals surface area contributed by atoms with E-state index >= 15 is 0 Å². The van der Waals surface area contributed by atoms with Crippen molar-refractivity contribution in [3.63, 3.8) is 0 Å². The van der Waals surface area contributed by atoms with Gasteiger partial charge in [-0.25, -0.2) is 4.79 Å². The van der Waals surface area contributed by atoms with Gasteiger partial charge in [0.05, 0.1) is 10.2 Å². The monoisotopic (exact) mass is 293 g/mol. The molecule has 19 heavy (non-hydrogen) atoms. The molecule has 0 saturated carbocycles. The van der Waals surface area contributed by atoms with Crippen LogP contribution < -0.4 is 5.73 Å². The van der Waals surface area contributed by atoms with Crippen molar-refractivity contribution >= 4 is 16.3 Å². The maximum Gasteiger partial charge on any atom is 0.404 e. The maximum atomic E-state index is 11.0. The Kier molecular flexibility index (Phi) is 7.57. The number of primary amides is 1. The van der Waals surface area contributed by atoms with Gasteiger partial charge in [0.25, 0.3) is 0 Å². The molecule has 0 aromatic heterocycles. The molecule has 114 valence electrons. The van der Waals surface area contributed by atoms with Crippen LogP contribution in [-0.4, -0.2) is 53.3 Å². The summed E-state index contributed by atoms with van der Waals surface area (Å²) in [4.78, 5) is 11.0. The van der Waals surface area contributed by atoms with Crippen molar-refractivity contribution in [2.24, 2.45) is 5.73 Å². The van der Waals surface area contributed by atoms with E-state index in [9.17, 15) is 4.79 Å². The fourth-order valence-electron chi connectivity index (χ4n) is 2.08. The van der Waals surface area contributed by atoms with Gasteiger partial charge in [-0.05, 0) is 34.6 Å². The van der Waals surface area contributed by atoms with Gasteiger partial charge in [-0.15, -0.1) is 0 Å². The van der Waals surface area contributed by atoms with Crippen LogP contribution in [0.1, 0.15) is 34.6 Å². The molecule has 2 N–H and O–H groups in total. The van der Waals surface area contributed by atoms with Gasteiger partial charge in [0, 0.05) is 19.8 Å². The minimum absolute atomic E-state index is 0.464. The van der Waals surface area contributed by atoms with Crippen LogP contribution in [0.2, 0.25) is 0 Å². The third-order valence-electron chi connectivity index (χ3n) is 3.25. The minimum Gasteiger partial charge on any atom is -0.444 e. The lowest BCUT2D eigenvalue weighted by Crippen LogP contribution is -2.64. The summed E-state index contributed by atoms with van der Waals surface area (Å²) < 4.78 is 22.4. The first-order valence-corrected chi connectivity index (χ1v) is 7.65. The second-order valence-corrected chi connectivity index (χ2v) is 5.92. The highest BCUT2D eigenvalue weighted by Crippen LogP contribution is 2.33. The largest absolute Gasteiger partial charge is 0.444 e. The molecule has 6 nitrogen and oxygen atoms in total. The number of hydrogen-bond donors (Lipinski definition) is 1. The van der Waals surface area contributed by atoms with E-state index in [4.69, 9.17) is 24.7 Å². The van der Waals surface area contributed by atoms with Crippen molar-refractivity contribution in [1.29, 1.82) is 0 Å². The van der Waals surface area contributed by atoms with Gasteiger partial charge in [-0.3, -0.25) is 0 Å². The van der Waals surface area contributed by atoms with Crippen molar-refractivity contribution in [2.45, 2.75) is 51.7 Å². The summed E-state index contributed by atoms with van der Waals surface area (Å²) >= 11 is 0. The van der Waals surface area contributed by atoms with Gasteiger partial charge in [-0.1, -0.05) is 0 Å². The van der Waals surface area contributed by atoms with E-state index in [1.165, 1.54) is 0 Å². The zero-order chi connectivity index (χ0) is 15.1. The van der Waals surface area contributed by atoms with Gasteiger partial charge >= 0.3 is 6.09 Å². The van der Waals surface area contributed by atoms with Crippen LogP contribution >= 0.6 is 0 Å². The average molecular weight is 293 g/mol. The topological polar surface area (TPSA) is 80.0 Å². The quantitative estimate of drug-likeness (QED) is 0.490. The Morgan fingerprint density at radius 3 is 1.89 bits per heavy atom. The molecular weight excluding hydrogens is 266 g/mol. The predicted molar refractivity (Wildman–Crippen MR) is 76.1 cm³/mol. The highest BCUT2D eigenvalue weighted by Gasteiger charge is 2.52. The number of amides is 1. The first-order valence-electron chi connectivity index (χ1n) is 6.65. The second-order valence-electron chi connectivity index (χ2n) is 4.43. The molecule has 0 aliphatic rings. The zero-order valence-electron chi connectivity index (χ0n) is 12.8. The minimum atomic E-state index is -0.979. The van der Waals surface area contributed by atoms with Crippen LogP contribution in [0.25, 0.3) is 0 Å². The number of carbonyl (C=O) groups excluding carboxylic acids is 1. The molecule has 0 aromatic carbocycles. The van der Waals surface area contributed by atoms with Crippen LogP contribution in [-0.2, 0) is 18.9 Å². The van der Waals surface area contributed by atoms with Crippen molar-refractivity contribution < 1.29 is 23.7 Å².